The second-order valence-electron chi connectivity index (χ2n) is 11.4. The Kier molecular flexibility index (Phi) is 29.2. The van der Waals surface area contributed by atoms with Gasteiger partial charge >= 0.3 is 5.97 Å². The molecule has 0 fully saturated rings. The van der Waals surface area contributed by atoms with E-state index in [4.69, 9.17) is 10.2 Å². The topological polar surface area (TPSA) is 57.5 Å². The van der Waals surface area contributed by atoms with E-state index in [-0.39, 0.29) is 0 Å². The number of unbranched alkanes of at least 4 members (excludes halogenated alkanes) is 25. The highest BCUT2D eigenvalue weighted by molar-refractivity contribution is 5.66. The molecule has 3 heteroatoms. The van der Waals surface area contributed by atoms with Crippen molar-refractivity contribution in [1.29, 1.82) is 0 Å². The van der Waals surface area contributed by atoms with Gasteiger partial charge in [0, 0.05) is 13.0 Å². The summed E-state index contributed by atoms with van der Waals surface area (Å²) in [5.74, 6) is -0.159. The maximum Gasteiger partial charge on any atom is 0.303 e. The molecule has 210 valence electrons. The third kappa shape index (κ3) is 31.4. The number of carboxylic acid groups (broad SMARTS) is 1. The van der Waals surface area contributed by atoms with Crippen molar-refractivity contribution in [2.24, 2.45) is 5.92 Å². The van der Waals surface area contributed by atoms with Crippen LogP contribution in [0.1, 0.15) is 187 Å². The van der Waals surface area contributed by atoms with Gasteiger partial charge in [0.15, 0.2) is 0 Å². The van der Waals surface area contributed by atoms with E-state index in [1.54, 1.807) is 0 Å². The SMILES string of the molecule is CC(CO)CCCCCCCCCCCCCCCCCCCCCCCCCCCCC(=O)O. The number of aliphatic hydroxyl groups excluding tert-OH is 1. The van der Waals surface area contributed by atoms with Crippen LogP contribution in [0, 0.1) is 5.92 Å². The van der Waals surface area contributed by atoms with Crippen LogP contribution in [-0.2, 0) is 4.79 Å². The van der Waals surface area contributed by atoms with E-state index in [0.717, 1.165) is 12.8 Å². The smallest absolute Gasteiger partial charge is 0.303 e. The molecule has 0 amide bonds. The highest BCUT2D eigenvalue weighted by Crippen LogP contribution is 2.16. The molecule has 0 rings (SSSR count). The maximum absolute atomic E-state index is 10.5. The Balaban J connectivity index is 3.04. The first-order chi connectivity index (χ1) is 17.2. The summed E-state index contributed by atoms with van der Waals surface area (Å²) in [6, 6.07) is 0. The first-order valence-corrected chi connectivity index (χ1v) is 16.0. The molecule has 0 bridgehead atoms. The lowest BCUT2D eigenvalue weighted by molar-refractivity contribution is -0.137. The molecular formula is C32H64O3. The second kappa shape index (κ2) is 29.7. The van der Waals surface area contributed by atoms with E-state index >= 15 is 0 Å². The van der Waals surface area contributed by atoms with Crippen LogP contribution < -0.4 is 0 Å². The second-order valence-corrected chi connectivity index (χ2v) is 11.4. The number of aliphatic hydroxyl groups is 1. The highest BCUT2D eigenvalue weighted by atomic mass is 16.4. The molecule has 0 aromatic heterocycles. The molecule has 0 heterocycles. The number of aliphatic carboxylic acids is 1. The Bertz CT molecular complexity index is 410. The monoisotopic (exact) mass is 496 g/mol. The molecule has 1 atom stereocenters. The zero-order chi connectivity index (χ0) is 25.7. The van der Waals surface area contributed by atoms with Gasteiger partial charge in [-0.15, -0.1) is 0 Å². The average molecular weight is 497 g/mol. The molecule has 0 radical (unpaired) electrons. The molecule has 0 saturated carbocycles. The van der Waals surface area contributed by atoms with Gasteiger partial charge in [-0.1, -0.05) is 167 Å². The summed E-state index contributed by atoms with van der Waals surface area (Å²) in [4.78, 5) is 10.5. The molecule has 0 aliphatic rings. The van der Waals surface area contributed by atoms with Gasteiger partial charge in [-0.05, 0) is 18.8 Å². The van der Waals surface area contributed by atoms with Crippen LogP contribution >= 0.6 is 0 Å². The van der Waals surface area contributed by atoms with Crippen LogP contribution in [0.25, 0.3) is 0 Å². The zero-order valence-electron chi connectivity index (χ0n) is 23.9. The van der Waals surface area contributed by atoms with E-state index in [0.29, 0.717) is 18.9 Å². The van der Waals surface area contributed by atoms with Crippen molar-refractivity contribution in [3.05, 3.63) is 0 Å². The molecule has 0 aromatic rings. The third-order valence-corrected chi connectivity index (χ3v) is 7.65. The predicted molar refractivity (Wildman–Crippen MR) is 153 cm³/mol. The largest absolute Gasteiger partial charge is 0.481 e. The van der Waals surface area contributed by atoms with Gasteiger partial charge in [-0.25, -0.2) is 0 Å². The summed E-state index contributed by atoms with van der Waals surface area (Å²) in [6.45, 7) is 2.50. The van der Waals surface area contributed by atoms with Crippen molar-refractivity contribution in [1.82, 2.24) is 0 Å². The van der Waals surface area contributed by atoms with Crippen molar-refractivity contribution in [2.45, 2.75) is 187 Å². The van der Waals surface area contributed by atoms with Crippen LogP contribution in [0.15, 0.2) is 0 Å². The van der Waals surface area contributed by atoms with Gasteiger partial charge in [0.1, 0.15) is 0 Å². The van der Waals surface area contributed by atoms with Crippen molar-refractivity contribution in [3.63, 3.8) is 0 Å². The van der Waals surface area contributed by atoms with Crippen LogP contribution in [0.5, 0.6) is 0 Å². The standard InChI is InChI=1S/C32H64O3/c1-31(30-33)28-26-24-22-20-18-16-14-12-10-8-6-4-2-3-5-7-9-11-13-15-17-19-21-23-25-27-29-32(34)35/h31,33H,2-30H2,1H3,(H,34,35). The van der Waals surface area contributed by atoms with Gasteiger partial charge in [-0.3, -0.25) is 4.79 Å². The molecule has 0 aliphatic heterocycles. The molecule has 35 heavy (non-hydrogen) atoms. The third-order valence-electron chi connectivity index (χ3n) is 7.65. The molecule has 0 saturated heterocycles. The molecule has 3 nitrogen and oxygen atoms in total. The maximum atomic E-state index is 10.5. The summed E-state index contributed by atoms with van der Waals surface area (Å²) < 4.78 is 0. The fourth-order valence-corrected chi connectivity index (χ4v) is 5.10. The highest BCUT2D eigenvalue weighted by Gasteiger charge is 2.00. The average Bonchev–Trinajstić information content (AvgIpc) is 2.85. The number of hydrogen-bond donors (Lipinski definition) is 2. The van der Waals surface area contributed by atoms with Crippen LogP contribution in [0.4, 0.5) is 0 Å². The minimum absolute atomic E-state index is 0.342. The van der Waals surface area contributed by atoms with E-state index in [1.807, 2.05) is 0 Å². The molecular weight excluding hydrogens is 432 g/mol. The van der Waals surface area contributed by atoms with Gasteiger partial charge < -0.3 is 10.2 Å². The Hall–Kier alpha value is -0.570. The fourth-order valence-electron chi connectivity index (χ4n) is 5.10. The number of rotatable bonds is 30. The lowest BCUT2D eigenvalue weighted by Crippen LogP contribution is -1.99. The quantitative estimate of drug-likeness (QED) is 0.0972. The first-order valence-electron chi connectivity index (χ1n) is 16.0. The van der Waals surface area contributed by atoms with Crippen LogP contribution in [-0.4, -0.2) is 22.8 Å². The zero-order valence-corrected chi connectivity index (χ0v) is 23.9. The van der Waals surface area contributed by atoms with Crippen LogP contribution in [0.3, 0.4) is 0 Å². The Labute approximate surface area is 220 Å². The van der Waals surface area contributed by atoms with Crippen molar-refractivity contribution in [3.8, 4) is 0 Å². The van der Waals surface area contributed by atoms with E-state index in [2.05, 4.69) is 6.92 Å². The molecule has 0 aromatic carbocycles. The Morgan fingerprint density at radius 2 is 0.686 bits per heavy atom. The summed E-state index contributed by atoms with van der Waals surface area (Å²) in [6.07, 6.45) is 37.1. The van der Waals surface area contributed by atoms with Gasteiger partial charge in [0.25, 0.3) is 0 Å². The molecule has 0 spiro atoms. The lowest BCUT2D eigenvalue weighted by atomic mass is 10.0. The van der Waals surface area contributed by atoms with Crippen LogP contribution in [0.2, 0.25) is 0 Å². The number of hydrogen-bond acceptors (Lipinski definition) is 2. The van der Waals surface area contributed by atoms with Crippen molar-refractivity contribution >= 4 is 5.97 Å². The Morgan fingerprint density at radius 1 is 0.457 bits per heavy atom. The lowest BCUT2D eigenvalue weighted by Gasteiger charge is -2.07. The minimum Gasteiger partial charge on any atom is -0.481 e. The Morgan fingerprint density at radius 3 is 0.914 bits per heavy atom. The molecule has 2 N–H and O–H groups in total. The molecule has 1 unspecified atom stereocenters. The number of carbonyl (C=O) groups is 1. The first kappa shape index (κ1) is 34.4. The summed E-state index contributed by atoms with van der Waals surface area (Å²) in [5.41, 5.74) is 0. The minimum atomic E-state index is -0.652. The van der Waals surface area contributed by atoms with E-state index in [9.17, 15) is 4.79 Å². The summed E-state index contributed by atoms with van der Waals surface area (Å²) in [7, 11) is 0. The summed E-state index contributed by atoms with van der Waals surface area (Å²) in [5, 5.41) is 17.6. The number of carboxylic acids is 1. The van der Waals surface area contributed by atoms with Crippen molar-refractivity contribution < 1.29 is 15.0 Å². The normalized spacial score (nSPS) is 12.3. The van der Waals surface area contributed by atoms with Crippen molar-refractivity contribution in [2.75, 3.05) is 6.61 Å². The van der Waals surface area contributed by atoms with E-state index < -0.39 is 5.97 Å². The summed E-state index contributed by atoms with van der Waals surface area (Å²) >= 11 is 0. The fraction of sp³-hybridized carbons (Fsp3) is 0.969. The van der Waals surface area contributed by atoms with Gasteiger partial charge in [0.2, 0.25) is 0 Å². The predicted octanol–water partition coefficient (Wildman–Crippen LogP) is 10.6. The van der Waals surface area contributed by atoms with Gasteiger partial charge in [-0.2, -0.15) is 0 Å². The molecule has 0 aliphatic carbocycles. The van der Waals surface area contributed by atoms with E-state index in [1.165, 1.54) is 161 Å². The van der Waals surface area contributed by atoms with Gasteiger partial charge in [0.05, 0.1) is 0 Å².